The molecule has 1 heterocycles. The molecule has 0 atom stereocenters. The Labute approximate surface area is 149 Å². The highest BCUT2D eigenvalue weighted by Crippen LogP contribution is 2.07. The molecule has 2 rings (SSSR count). The van der Waals surface area contributed by atoms with E-state index < -0.39 is 0 Å². The zero-order valence-electron chi connectivity index (χ0n) is 15.2. The number of nitrogens with one attached hydrogen (secondary N) is 2. The molecule has 0 fully saturated rings. The van der Waals surface area contributed by atoms with Gasteiger partial charge >= 0.3 is 0 Å². The Bertz CT molecular complexity index is 658. The number of hydrogen-bond acceptors (Lipinski definition) is 4. The lowest BCUT2D eigenvalue weighted by atomic mass is 10.2. The minimum atomic E-state index is 0.615. The molecule has 0 aliphatic carbocycles. The van der Waals surface area contributed by atoms with Crippen LogP contribution in [0.15, 0.2) is 53.5 Å². The predicted octanol–water partition coefficient (Wildman–Crippen LogP) is 2.03. The van der Waals surface area contributed by atoms with Gasteiger partial charge in [0.05, 0.1) is 25.5 Å². The average Bonchev–Trinajstić information content (AvgIpc) is 2.65. The summed E-state index contributed by atoms with van der Waals surface area (Å²) < 4.78 is 5.66. The highest BCUT2D eigenvalue weighted by Gasteiger charge is 2.02. The highest BCUT2D eigenvalue weighted by molar-refractivity contribution is 5.79. The fourth-order valence-electron chi connectivity index (χ4n) is 2.22. The van der Waals surface area contributed by atoms with Gasteiger partial charge in [0, 0.05) is 27.7 Å². The number of rotatable bonds is 8. The van der Waals surface area contributed by atoms with Gasteiger partial charge in [0.25, 0.3) is 0 Å². The Balaban J connectivity index is 1.67. The van der Waals surface area contributed by atoms with E-state index >= 15 is 0 Å². The second-order valence-corrected chi connectivity index (χ2v) is 5.77. The van der Waals surface area contributed by atoms with Crippen LogP contribution >= 0.6 is 0 Å². The Morgan fingerprint density at radius 1 is 1.08 bits per heavy atom. The van der Waals surface area contributed by atoms with E-state index in [0.717, 1.165) is 17.5 Å². The van der Waals surface area contributed by atoms with Crippen LogP contribution in [0.1, 0.15) is 11.3 Å². The number of hydrogen-bond donors (Lipinski definition) is 2. The van der Waals surface area contributed by atoms with Gasteiger partial charge < -0.3 is 20.3 Å². The molecule has 0 saturated carbocycles. The van der Waals surface area contributed by atoms with Crippen molar-refractivity contribution in [2.24, 2.45) is 4.99 Å². The summed E-state index contributed by atoms with van der Waals surface area (Å²) >= 11 is 0. The normalized spacial score (nSPS) is 11.2. The molecule has 6 nitrogen and oxygen atoms in total. The van der Waals surface area contributed by atoms with Crippen LogP contribution in [0, 0.1) is 0 Å². The summed E-state index contributed by atoms with van der Waals surface area (Å²) in [5.74, 6) is 1.68. The van der Waals surface area contributed by atoms with Crippen LogP contribution in [0.25, 0.3) is 0 Å². The third kappa shape index (κ3) is 6.81. The molecule has 0 unspecified atom stereocenters. The van der Waals surface area contributed by atoms with Gasteiger partial charge in [-0.05, 0) is 17.7 Å². The van der Waals surface area contributed by atoms with Crippen molar-refractivity contribution in [1.82, 2.24) is 15.6 Å². The van der Waals surface area contributed by atoms with E-state index in [2.05, 4.69) is 32.7 Å². The first kappa shape index (κ1) is 18.7. The minimum Gasteiger partial charge on any atom is -0.375 e. The summed E-state index contributed by atoms with van der Waals surface area (Å²) in [5.41, 5.74) is 2.14. The smallest absolute Gasteiger partial charge is 0.191 e. The summed E-state index contributed by atoms with van der Waals surface area (Å²) in [6.45, 7) is 2.55. The Morgan fingerprint density at radius 3 is 2.60 bits per heavy atom. The van der Waals surface area contributed by atoms with E-state index in [4.69, 9.17) is 4.74 Å². The van der Waals surface area contributed by atoms with E-state index in [9.17, 15) is 0 Å². The molecule has 0 aliphatic heterocycles. The van der Waals surface area contributed by atoms with Gasteiger partial charge in [-0.15, -0.1) is 0 Å². The first-order valence-corrected chi connectivity index (χ1v) is 8.38. The van der Waals surface area contributed by atoms with E-state index in [0.29, 0.717) is 26.3 Å². The molecule has 0 spiro atoms. The lowest BCUT2D eigenvalue weighted by Crippen LogP contribution is -2.38. The molecule has 134 valence electrons. The van der Waals surface area contributed by atoms with Crippen LogP contribution < -0.4 is 15.5 Å². The summed E-state index contributed by atoms with van der Waals surface area (Å²) in [6.07, 6.45) is 0. The lowest BCUT2D eigenvalue weighted by molar-refractivity contribution is 0.125. The lowest BCUT2D eigenvalue weighted by Gasteiger charge is -2.14. The predicted molar refractivity (Wildman–Crippen MR) is 103 cm³/mol. The second-order valence-electron chi connectivity index (χ2n) is 5.77. The number of anilines is 1. The molecule has 2 N–H and O–H groups in total. The van der Waals surface area contributed by atoms with Crippen molar-refractivity contribution >= 4 is 11.8 Å². The zero-order valence-corrected chi connectivity index (χ0v) is 15.2. The van der Waals surface area contributed by atoms with Crippen molar-refractivity contribution in [2.45, 2.75) is 13.2 Å². The Morgan fingerprint density at radius 2 is 1.88 bits per heavy atom. The maximum atomic E-state index is 5.66. The van der Waals surface area contributed by atoms with Gasteiger partial charge in [-0.25, -0.2) is 4.98 Å². The molecule has 25 heavy (non-hydrogen) atoms. The van der Waals surface area contributed by atoms with E-state index in [1.807, 2.05) is 55.4 Å². The van der Waals surface area contributed by atoms with Crippen LogP contribution in [0.2, 0.25) is 0 Å². The fourth-order valence-corrected chi connectivity index (χ4v) is 2.22. The van der Waals surface area contributed by atoms with Crippen LogP contribution in [0.4, 0.5) is 5.82 Å². The monoisotopic (exact) mass is 341 g/mol. The largest absolute Gasteiger partial charge is 0.375 e. The summed E-state index contributed by atoms with van der Waals surface area (Å²) in [5, 5.41) is 6.50. The van der Waals surface area contributed by atoms with Crippen molar-refractivity contribution in [3.63, 3.8) is 0 Å². The van der Waals surface area contributed by atoms with Gasteiger partial charge in [-0.1, -0.05) is 36.4 Å². The van der Waals surface area contributed by atoms with Crippen molar-refractivity contribution < 1.29 is 4.74 Å². The molecule has 0 amide bonds. The first-order chi connectivity index (χ1) is 12.2. The summed E-state index contributed by atoms with van der Waals surface area (Å²) in [7, 11) is 5.72. The number of pyridine rings is 1. The number of ether oxygens (including phenoxy) is 1. The zero-order chi connectivity index (χ0) is 17.9. The number of aromatic nitrogens is 1. The molecule has 0 radical (unpaired) electrons. The molecule has 0 aliphatic rings. The highest BCUT2D eigenvalue weighted by atomic mass is 16.5. The van der Waals surface area contributed by atoms with Gasteiger partial charge in [0.1, 0.15) is 5.82 Å². The van der Waals surface area contributed by atoms with Gasteiger partial charge in [-0.2, -0.15) is 0 Å². The quantitative estimate of drug-likeness (QED) is 0.437. The van der Waals surface area contributed by atoms with E-state index in [1.165, 1.54) is 5.56 Å². The van der Waals surface area contributed by atoms with Crippen LogP contribution in [0.5, 0.6) is 0 Å². The van der Waals surface area contributed by atoms with Gasteiger partial charge in [-0.3, -0.25) is 4.99 Å². The second kappa shape index (κ2) is 10.3. The van der Waals surface area contributed by atoms with Gasteiger partial charge in [0.2, 0.25) is 0 Å². The molecule has 0 saturated heterocycles. The molecular formula is C19H27N5O. The third-order valence-corrected chi connectivity index (χ3v) is 3.56. The van der Waals surface area contributed by atoms with Crippen LogP contribution in [0.3, 0.4) is 0 Å². The third-order valence-electron chi connectivity index (χ3n) is 3.56. The van der Waals surface area contributed by atoms with Crippen molar-refractivity contribution in [2.75, 3.05) is 39.2 Å². The van der Waals surface area contributed by atoms with Gasteiger partial charge in [0.15, 0.2) is 5.96 Å². The maximum Gasteiger partial charge on any atom is 0.191 e. The van der Waals surface area contributed by atoms with Crippen molar-refractivity contribution in [1.29, 1.82) is 0 Å². The Kier molecular flexibility index (Phi) is 7.72. The maximum absolute atomic E-state index is 5.66. The molecular weight excluding hydrogens is 314 g/mol. The molecule has 1 aromatic carbocycles. The Hall–Kier alpha value is -2.60. The molecule has 6 heteroatoms. The first-order valence-electron chi connectivity index (χ1n) is 8.38. The molecule has 0 bridgehead atoms. The van der Waals surface area contributed by atoms with Crippen LogP contribution in [-0.4, -0.2) is 45.2 Å². The number of benzene rings is 1. The minimum absolute atomic E-state index is 0.615. The van der Waals surface area contributed by atoms with Crippen LogP contribution in [-0.2, 0) is 17.9 Å². The number of nitrogens with zero attached hydrogens (tertiary/aromatic N) is 3. The van der Waals surface area contributed by atoms with E-state index in [1.54, 1.807) is 7.05 Å². The standard InChI is InChI=1S/C19H27N5O/c1-20-19(21-12-13-25-15-16-8-5-4-6-9-16)22-14-17-10-7-11-18(23-17)24(2)3/h4-11H,12-15H2,1-3H3,(H2,20,21,22). The number of guanidine groups is 1. The molecule has 2 aromatic rings. The average molecular weight is 341 g/mol. The van der Waals surface area contributed by atoms with Crippen molar-refractivity contribution in [3.8, 4) is 0 Å². The SMILES string of the molecule is CN=C(NCCOCc1ccccc1)NCc1cccc(N(C)C)n1. The number of aliphatic imine (C=N–C) groups is 1. The van der Waals surface area contributed by atoms with E-state index in [-0.39, 0.29) is 0 Å². The topological polar surface area (TPSA) is 61.8 Å². The van der Waals surface area contributed by atoms with Crippen molar-refractivity contribution in [3.05, 3.63) is 59.8 Å². The summed E-state index contributed by atoms with van der Waals surface area (Å²) in [6, 6.07) is 16.1. The fraction of sp³-hybridized carbons (Fsp3) is 0.368. The summed E-state index contributed by atoms with van der Waals surface area (Å²) in [4.78, 5) is 10.8. The molecule has 1 aromatic heterocycles.